The van der Waals surface area contributed by atoms with Crippen molar-refractivity contribution in [2.24, 2.45) is 5.92 Å². The van der Waals surface area contributed by atoms with Gasteiger partial charge in [-0.25, -0.2) is 0 Å². The van der Waals surface area contributed by atoms with Crippen LogP contribution < -0.4 is 0 Å². The van der Waals surface area contributed by atoms with Gasteiger partial charge >= 0.3 is 0 Å². The molecule has 1 fully saturated rings. The summed E-state index contributed by atoms with van der Waals surface area (Å²) in [6.07, 6.45) is 0.906. The first-order valence-corrected chi connectivity index (χ1v) is 6.92. The van der Waals surface area contributed by atoms with Crippen LogP contribution in [0.1, 0.15) is 31.7 Å². The van der Waals surface area contributed by atoms with Crippen LogP contribution in [0.25, 0.3) is 0 Å². The number of hydrogen-bond acceptors (Lipinski definition) is 2. The van der Waals surface area contributed by atoms with E-state index in [1.807, 2.05) is 24.3 Å². The molecule has 1 aliphatic heterocycles. The van der Waals surface area contributed by atoms with Gasteiger partial charge in [0.15, 0.2) is 0 Å². The van der Waals surface area contributed by atoms with E-state index in [4.69, 9.17) is 11.6 Å². The molecule has 0 bridgehead atoms. The number of ketones is 1. The molecule has 0 aromatic heterocycles. The molecule has 18 heavy (non-hydrogen) atoms. The number of carbonyl (C=O) groups is 1. The van der Waals surface area contributed by atoms with Gasteiger partial charge < -0.3 is 4.90 Å². The number of nitrogens with zero attached hydrogens (tertiary/aromatic N) is 1. The Labute approximate surface area is 114 Å². The minimum absolute atomic E-state index is 0.0122. The number of likely N-dealkylation sites (tertiary alicyclic amines) is 1. The van der Waals surface area contributed by atoms with Crippen LogP contribution in [0.4, 0.5) is 0 Å². The fourth-order valence-electron chi connectivity index (χ4n) is 2.62. The normalized spacial score (nSPS) is 18.4. The molecule has 0 radical (unpaired) electrons. The molecule has 0 N–H and O–H groups in total. The summed E-state index contributed by atoms with van der Waals surface area (Å²) in [5, 5.41) is 0.720. The van der Waals surface area contributed by atoms with Crippen molar-refractivity contribution in [2.75, 3.05) is 19.6 Å². The summed E-state index contributed by atoms with van der Waals surface area (Å²) in [4.78, 5) is 14.2. The number of Topliss-reactive ketones (excluding diaryl/α,β-unsaturated/α-hetero) is 1. The summed E-state index contributed by atoms with van der Waals surface area (Å²) in [5.41, 5.74) is 1.08. The van der Waals surface area contributed by atoms with Crippen molar-refractivity contribution >= 4 is 17.4 Å². The lowest BCUT2D eigenvalue weighted by molar-refractivity contribution is -0.118. The smallest absolute Gasteiger partial charge is 0.137 e. The Bertz CT molecular complexity index is 409. The molecule has 1 atom stereocenters. The minimum Gasteiger partial charge on any atom is -0.303 e. The van der Waals surface area contributed by atoms with Crippen LogP contribution in [0.5, 0.6) is 0 Å². The second-order valence-electron chi connectivity index (χ2n) is 5.37. The molecule has 1 unspecified atom stereocenters. The average molecular weight is 266 g/mol. The number of rotatable bonds is 5. The molecule has 1 aromatic rings. The summed E-state index contributed by atoms with van der Waals surface area (Å²) in [6.45, 7) is 7.30. The third-order valence-corrected chi connectivity index (χ3v) is 3.89. The lowest BCUT2D eigenvalue weighted by Gasteiger charge is -2.37. The fourth-order valence-corrected chi connectivity index (χ4v) is 2.75. The highest BCUT2D eigenvalue weighted by Gasteiger charge is 2.24. The van der Waals surface area contributed by atoms with E-state index >= 15 is 0 Å². The topological polar surface area (TPSA) is 20.3 Å². The Balaban J connectivity index is 1.95. The van der Waals surface area contributed by atoms with Crippen molar-refractivity contribution < 1.29 is 4.79 Å². The third kappa shape index (κ3) is 3.33. The van der Waals surface area contributed by atoms with Gasteiger partial charge in [0.05, 0.1) is 0 Å². The molecule has 0 aliphatic carbocycles. The van der Waals surface area contributed by atoms with E-state index in [0.29, 0.717) is 0 Å². The lowest BCUT2D eigenvalue weighted by atomic mass is 9.91. The summed E-state index contributed by atoms with van der Waals surface area (Å²) in [7, 11) is 0. The van der Waals surface area contributed by atoms with Crippen molar-refractivity contribution in [1.29, 1.82) is 0 Å². The Hall–Kier alpha value is -0.860. The predicted molar refractivity (Wildman–Crippen MR) is 75.1 cm³/mol. The first-order valence-electron chi connectivity index (χ1n) is 6.54. The second kappa shape index (κ2) is 5.85. The first kappa shape index (κ1) is 13.6. The van der Waals surface area contributed by atoms with E-state index in [9.17, 15) is 4.79 Å². The van der Waals surface area contributed by atoms with Gasteiger partial charge in [-0.15, -0.1) is 0 Å². The zero-order chi connectivity index (χ0) is 13.1. The van der Waals surface area contributed by atoms with Crippen molar-refractivity contribution in [2.45, 2.75) is 26.2 Å². The largest absolute Gasteiger partial charge is 0.303 e. The molecule has 0 spiro atoms. The molecule has 1 saturated heterocycles. The van der Waals surface area contributed by atoms with Crippen molar-refractivity contribution in [1.82, 2.24) is 4.90 Å². The van der Waals surface area contributed by atoms with Gasteiger partial charge in [0.25, 0.3) is 0 Å². The molecule has 2 rings (SSSR count). The van der Waals surface area contributed by atoms with Crippen molar-refractivity contribution in [3.05, 3.63) is 34.9 Å². The fraction of sp³-hybridized carbons (Fsp3) is 0.533. The van der Waals surface area contributed by atoms with Gasteiger partial charge in [0, 0.05) is 24.0 Å². The number of carbonyl (C=O) groups excluding carboxylic acids is 1. The van der Waals surface area contributed by atoms with Crippen molar-refractivity contribution in [3.63, 3.8) is 0 Å². The molecule has 1 aromatic carbocycles. The molecule has 3 heteroatoms. The molecule has 2 nitrogen and oxygen atoms in total. The maximum Gasteiger partial charge on any atom is 0.137 e. The van der Waals surface area contributed by atoms with Crippen LogP contribution in [-0.4, -0.2) is 30.3 Å². The molecule has 1 aliphatic rings. The maximum atomic E-state index is 11.8. The Morgan fingerprint density at radius 1 is 1.39 bits per heavy atom. The lowest BCUT2D eigenvalue weighted by Crippen LogP contribution is -2.45. The number of halogens is 1. The van der Waals surface area contributed by atoms with Crippen LogP contribution in [0, 0.1) is 5.92 Å². The van der Waals surface area contributed by atoms with Crippen molar-refractivity contribution in [3.8, 4) is 0 Å². The molecular weight excluding hydrogens is 246 g/mol. The molecule has 98 valence electrons. The zero-order valence-electron chi connectivity index (χ0n) is 11.0. The second-order valence-corrected chi connectivity index (χ2v) is 5.80. The van der Waals surface area contributed by atoms with Crippen LogP contribution in [0.15, 0.2) is 24.3 Å². The van der Waals surface area contributed by atoms with Crippen LogP contribution in [-0.2, 0) is 4.79 Å². The number of benzene rings is 1. The third-order valence-electron chi connectivity index (χ3n) is 3.64. The van der Waals surface area contributed by atoms with Gasteiger partial charge in [0.1, 0.15) is 5.78 Å². The van der Waals surface area contributed by atoms with Gasteiger partial charge in [0.2, 0.25) is 0 Å². The SMILES string of the molecule is CC(=O)C(CCN1CC(C)C1)c1ccc(Cl)cc1. The summed E-state index contributed by atoms with van der Waals surface area (Å²) >= 11 is 5.88. The van der Waals surface area contributed by atoms with E-state index in [1.165, 1.54) is 13.1 Å². The van der Waals surface area contributed by atoms with Crippen LogP contribution in [0.2, 0.25) is 5.02 Å². The molecule has 0 amide bonds. The highest BCUT2D eigenvalue weighted by Crippen LogP contribution is 2.24. The summed E-state index contributed by atoms with van der Waals surface area (Å²) in [5.74, 6) is 1.07. The van der Waals surface area contributed by atoms with Gasteiger partial charge in [-0.1, -0.05) is 30.7 Å². The molecular formula is C15H20ClNO. The standard InChI is InChI=1S/C15H20ClNO/c1-11-9-17(10-11)8-7-15(12(2)18)13-3-5-14(16)6-4-13/h3-6,11,15H,7-10H2,1-2H3. The zero-order valence-corrected chi connectivity index (χ0v) is 11.8. The molecule has 0 saturated carbocycles. The highest BCUT2D eigenvalue weighted by molar-refractivity contribution is 6.30. The Morgan fingerprint density at radius 2 is 2.00 bits per heavy atom. The van der Waals surface area contributed by atoms with E-state index in [0.717, 1.165) is 29.5 Å². The van der Waals surface area contributed by atoms with Gasteiger partial charge in [-0.3, -0.25) is 4.79 Å². The number of hydrogen-bond donors (Lipinski definition) is 0. The van der Waals surface area contributed by atoms with Crippen LogP contribution >= 0.6 is 11.6 Å². The monoisotopic (exact) mass is 265 g/mol. The average Bonchev–Trinajstić information content (AvgIpc) is 2.28. The Kier molecular flexibility index (Phi) is 4.41. The van der Waals surface area contributed by atoms with Gasteiger partial charge in [-0.05, 0) is 43.5 Å². The minimum atomic E-state index is 0.0122. The molecule has 1 heterocycles. The van der Waals surface area contributed by atoms with Gasteiger partial charge in [-0.2, -0.15) is 0 Å². The van der Waals surface area contributed by atoms with E-state index in [1.54, 1.807) is 6.92 Å². The first-order chi connectivity index (χ1) is 8.56. The highest BCUT2D eigenvalue weighted by atomic mass is 35.5. The van der Waals surface area contributed by atoms with E-state index in [2.05, 4.69) is 11.8 Å². The quantitative estimate of drug-likeness (QED) is 0.814. The summed E-state index contributed by atoms with van der Waals surface area (Å²) < 4.78 is 0. The predicted octanol–water partition coefficient (Wildman–Crippen LogP) is 3.35. The van der Waals surface area contributed by atoms with Crippen LogP contribution in [0.3, 0.4) is 0 Å². The van der Waals surface area contributed by atoms with E-state index < -0.39 is 0 Å². The Morgan fingerprint density at radius 3 is 2.50 bits per heavy atom. The maximum absolute atomic E-state index is 11.8. The summed E-state index contributed by atoms with van der Waals surface area (Å²) in [6, 6.07) is 7.65. The van der Waals surface area contributed by atoms with E-state index in [-0.39, 0.29) is 11.7 Å².